The first-order valence-electron chi connectivity index (χ1n) is 8.55. The number of nitrogens with zero attached hydrogens (tertiary/aromatic N) is 3. The second-order valence-electron chi connectivity index (χ2n) is 6.07. The maximum absolute atomic E-state index is 13.0. The topological polar surface area (TPSA) is 55.3 Å². The minimum absolute atomic E-state index is 0.0432. The molecule has 2 aromatic rings. The highest BCUT2D eigenvalue weighted by atomic mass is 16.5. The largest absolute Gasteiger partial charge is 0.458 e. The average Bonchev–Trinajstić information content (AvgIpc) is 2.64. The van der Waals surface area contributed by atoms with Gasteiger partial charge in [-0.2, -0.15) is 0 Å². The van der Waals surface area contributed by atoms with E-state index in [9.17, 15) is 4.79 Å². The first-order valence-corrected chi connectivity index (χ1v) is 8.55. The molecule has 0 aliphatic carbocycles. The second-order valence-corrected chi connectivity index (χ2v) is 6.07. The number of benzene rings is 1. The van der Waals surface area contributed by atoms with Gasteiger partial charge in [0.05, 0.1) is 12.5 Å². The van der Waals surface area contributed by atoms with Crippen LogP contribution >= 0.6 is 0 Å². The number of ether oxygens (including phenoxy) is 1. The molecule has 1 aromatic carbocycles. The molecule has 0 spiro atoms. The van der Waals surface area contributed by atoms with Gasteiger partial charge in [-0.05, 0) is 30.9 Å². The van der Waals surface area contributed by atoms with E-state index in [1.165, 1.54) is 0 Å². The van der Waals surface area contributed by atoms with Crippen molar-refractivity contribution in [3.8, 4) is 6.01 Å². The highest BCUT2D eigenvalue weighted by Gasteiger charge is 2.30. The van der Waals surface area contributed by atoms with E-state index in [1.807, 2.05) is 35.2 Å². The van der Waals surface area contributed by atoms with Crippen LogP contribution in [-0.2, 0) is 4.79 Å². The number of piperidine rings is 1. The minimum Gasteiger partial charge on any atom is -0.458 e. The predicted molar refractivity (Wildman–Crippen MR) is 91.7 cm³/mol. The van der Waals surface area contributed by atoms with E-state index < -0.39 is 0 Å². The van der Waals surface area contributed by atoms with Crippen LogP contribution in [0.15, 0.2) is 48.8 Å². The van der Waals surface area contributed by atoms with E-state index in [2.05, 4.69) is 16.9 Å². The normalized spacial score (nSPS) is 18.9. The fourth-order valence-electron chi connectivity index (χ4n) is 3.19. The van der Waals surface area contributed by atoms with Crippen LogP contribution in [0.25, 0.3) is 0 Å². The van der Waals surface area contributed by atoms with Crippen LogP contribution in [0.1, 0.15) is 37.7 Å². The van der Waals surface area contributed by atoms with Gasteiger partial charge in [0.15, 0.2) is 0 Å². The van der Waals surface area contributed by atoms with Crippen molar-refractivity contribution in [2.24, 2.45) is 0 Å². The second kappa shape index (κ2) is 7.90. The number of likely N-dealkylation sites (tertiary alicyclic amines) is 1. The number of hydrogen-bond acceptors (Lipinski definition) is 4. The van der Waals surface area contributed by atoms with Gasteiger partial charge in [-0.1, -0.05) is 37.3 Å². The van der Waals surface area contributed by atoms with Crippen molar-refractivity contribution in [3.05, 3.63) is 54.4 Å². The summed E-state index contributed by atoms with van der Waals surface area (Å²) < 4.78 is 5.84. The Labute approximate surface area is 142 Å². The quantitative estimate of drug-likeness (QED) is 0.848. The maximum atomic E-state index is 13.0. The van der Waals surface area contributed by atoms with E-state index in [4.69, 9.17) is 4.74 Å². The summed E-state index contributed by atoms with van der Waals surface area (Å²) in [5, 5.41) is 0. The van der Waals surface area contributed by atoms with E-state index in [-0.39, 0.29) is 17.9 Å². The average molecular weight is 325 g/mol. The van der Waals surface area contributed by atoms with Gasteiger partial charge in [0, 0.05) is 18.9 Å². The summed E-state index contributed by atoms with van der Waals surface area (Å²) in [5.41, 5.74) is 1.08. The van der Waals surface area contributed by atoms with Crippen LogP contribution in [0.4, 0.5) is 0 Å². The lowest BCUT2D eigenvalue weighted by molar-refractivity contribution is -0.135. The van der Waals surface area contributed by atoms with E-state index in [0.717, 1.165) is 31.4 Å². The zero-order valence-electron chi connectivity index (χ0n) is 14.0. The van der Waals surface area contributed by atoms with Gasteiger partial charge >= 0.3 is 6.01 Å². The van der Waals surface area contributed by atoms with Crippen molar-refractivity contribution in [1.29, 1.82) is 0 Å². The molecule has 0 N–H and O–H groups in total. The summed E-state index contributed by atoms with van der Waals surface area (Å²) in [5.74, 6) is 0.101. The third-order valence-electron chi connectivity index (χ3n) is 4.41. The predicted octanol–water partition coefficient (Wildman–Crippen LogP) is 3.04. The summed E-state index contributed by atoms with van der Waals surface area (Å²) in [7, 11) is 0. The van der Waals surface area contributed by atoms with Crippen LogP contribution in [0.5, 0.6) is 6.01 Å². The van der Waals surface area contributed by atoms with Crippen LogP contribution in [0, 0.1) is 0 Å². The number of carbonyl (C=O) groups excluding carboxylic acids is 1. The highest BCUT2D eigenvalue weighted by molar-refractivity contribution is 5.83. The fraction of sp³-hybridized carbons (Fsp3) is 0.421. The van der Waals surface area contributed by atoms with Crippen molar-refractivity contribution in [2.75, 3.05) is 13.1 Å². The Morgan fingerprint density at radius 3 is 2.71 bits per heavy atom. The maximum Gasteiger partial charge on any atom is 0.316 e. The molecule has 3 rings (SSSR count). The van der Waals surface area contributed by atoms with Crippen LogP contribution in [0.3, 0.4) is 0 Å². The summed E-state index contributed by atoms with van der Waals surface area (Å²) in [6.07, 6.45) is 5.94. The van der Waals surface area contributed by atoms with Gasteiger partial charge in [-0.15, -0.1) is 0 Å². The number of carbonyl (C=O) groups is 1. The highest BCUT2D eigenvalue weighted by Crippen LogP contribution is 2.24. The minimum atomic E-state index is -0.0853. The molecule has 5 nitrogen and oxygen atoms in total. The molecule has 1 aromatic heterocycles. The van der Waals surface area contributed by atoms with Crippen LogP contribution < -0.4 is 4.74 Å². The zero-order chi connectivity index (χ0) is 16.8. The van der Waals surface area contributed by atoms with Crippen molar-refractivity contribution >= 4 is 5.91 Å². The molecule has 2 heterocycles. The van der Waals surface area contributed by atoms with Gasteiger partial charge in [-0.25, -0.2) is 9.97 Å². The molecule has 1 fully saturated rings. The third-order valence-corrected chi connectivity index (χ3v) is 4.41. The first-order chi connectivity index (χ1) is 11.8. The molecule has 1 saturated heterocycles. The summed E-state index contributed by atoms with van der Waals surface area (Å²) in [4.78, 5) is 23.1. The molecule has 24 heavy (non-hydrogen) atoms. The number of aromatic nitrogens is 2. The lowest BCUT2D eigenvalue weighted by Crippen LogP contribution is -2.46. The Bertz CT molecular complexity index is 648. The van der Waals surface area contributed by atoms with Gasteiger partial charge < -0.3 is 9.64 Å². The Morgan fingerprint density at radius 2 is 2.00 bits per heavy atom. The lowest BCUT2D eigenvalue weighted by atomic mass is 9.94. The van der Waals surface area contributed by atoms with Crippen molar-refractivity contribution in [3.63, 3.8) is 0 Å². The molecule has 126 valence electrons. The van der Waals surface area contributed by atoms with Gasteiger partial charge in [0.25, 0.3) is 0 Å². The number of hydrogen-bond donors (Lipinski definition) is 0. The van der Waals surface area contributed by atoms with Gasteiger partial charge in [0.1, 0.15) is 6.10 Å². The Kier molecular flexibility index (Phi) is 5.41. The monoisotopic (exact) mass is 325 g/mol. The molecule has 0 bridgehead atoms. The molecule has 2 atom stereocenters. The van der Waals surface area contributed by atoms with Crippen molar-refractivity contribution in [1.82, 2.24) is 14.9 Å². The molecule has 1 aliphatic heterocycles. The zero-order valence-corrected chi connectivity index (χ0v) is 14.0. The SMILES string of the molecule is CCC(C(=O)N1CCCC(Oc2ncccn2)C1)c1ccccc1. The molecule has 0 saturated carbocycles. The van der Waals surface area contributed by atoms with Gasteiger partial charge in [-0.3, -0.25) is 4.79 Å². The van der Waals surface area contributed by atoms with E-state index >= 15 is 0 Å². The van der Waals surface area contributed by atoms with E-state index in [0.29, 0.717) is 12.6 Å². The van der Waals surface area contributed by atoms with Gasteiger partial charge in [0.2, 0.25) is 5.91 Å². The molecule has 5 heteroatoms. The molecule has 2 unspecified atom stereocenters. The van der Waals surface area contributed by atoms with Crippen molar-refractivity contribution in [2.45, 2.75) is 38.2 Å². The smallest absolute Gasteiger partial charge is 0.316 e. The Hall–Kier alpha value is -2.43. The Morgan fingerprint density at radius 1 is 1.25 bits per heavy atom. The number of amides is 1. The lowest BCUT2D eigenvalue weighted by Gasteiger charge is -2.34. The summed E-state index contributed by atoms with van der Waals surface area (Å²) >= 11 is 0. The molecule has 1 aliphatic rings. The Balaban J connectivity index is 1.66. The number of rotatable bonds is 5. The van der Waals surface area contributed by atoms with Crippen LogP contribution in [-0.4, -0.2) is 40.0 Å². The molecular formula is C19H23N3O2. The summed E-state index contributed by atoms with van der Waals surface area (Å²) in [6.45, 7) is 3.45. The van der Waals surface area contributed by atoms with Crippen LogP contribution in [0.2, 0.25) is 0 Å². The van der Waals surface area contributed by atoms with Crippen molar-refractivity contribution < 1.29 is 9.53 Å². The molecule has 0 radical (unpaired) electrons. The van der Waals surface area contributed by atoms with E-state index in [1.54, 1.807) is 18.5 Å². The molecular weight excluding hydrogens is 302 g/mol. The fourth-order valence-corrected chi connectivity index (χ4v) is 3.19. The first kappa shape index (κ1) is 16.4. The standard InChI is InChI=1S/C19H23N3O2/c1-2-17(15-8-4-3-5-9-15)18(23)22-13-6-10-16(14-22)24-19-20-11-7-12-21-19/h3-5,7-9,11-12,16-17H,2,6,10,13-14H2,1H3. The third kappa shape index (κ3) is 3.91. The summed E-state index contributed by atoms with van der Waals surface area (Å²) in [6, 6.07) is 12.1. The molecule has 1 amide bonds.